The predicted molar refractivity (Wildman–Crippen MR) is 70.8 cm³/mol. The normalized spacial score (nSPS) is 21.4. The van der Waals surface area contributed by atoms with Gasteiger partial charge in [-0.05, 0) is 26.4 Å². The Balaban J connectivity index is 2.60. The van der Waals surface area contributed by atoms with Crippen LogP contribution in [0.5, 0.6) is 0 Å². The van der Waals surface area contributed by atoms with Gasteiger partial charge in [0.15, 0.2) is 9.84 Å². The zero-order valence-electron chi connectivity index (χ0n) is 10.7. The molecule has 1 unspecified atom stereocenters. The molecule has 0 radical (unpaired) electrons. The monoisotopic (exact) mass is 272 g/mol. The molecule has 1 saturated heterocycles. The molecule has 18 heavy (non-hydrogen) atoms. The smallest absolute Gasteiger partial charge is 0.223 e. The Morgan fingerprint density at radius 3 is 2.78 bits per heavy atom. The number of terminal acetylenes is 1. The lowest BCUT2D eigenvalue weighted by molar-refractivity contribution is -0.132. The SMILES string of the molecule is C#CCN(C(=O)CCCNC)C1CCS(=O)(=O)C1. The summed E-state index contributed by atoms with van der Waals surface area (Å²) in [6.45, 7) is 0.956. The number of carbonyl (C=O) groups is 1. The third kappa shape index (κ3) is 4.31. The van der Waals surface area contributed by atoms with Crippen molar-refractivity contribution in [1.82, 2.24) is 10.2 Å². The Bertz CT molecular complexity index is 425. The summed E-state index contributed by atoms with van der Waals surface area (Å²) in [5, 5.41) is 2.97. The molecule has 0 aromatic heterocycles. The van der Waals surface area contributed by atoms with Gasteiger partial charge in [-0.15, -0.1) is 6.42 Å². The second-order valence-electron chi connectivity index (χ2n) is 4.49. The molecule has 0 saturated carbocycles. The van der Waals surface area contributed by atoms with Crippen LogP contribution in [0.2, 0.25) is 0 Å². The molecule has 102 valence electrons. The van der Waals surface area contributed by atoms with Gasteiger partial charge < -0.3 is 10.2 Å². The van der Waals surface area contributed by atoms with E-state index < -0.39 is 9.84 Å². The van der Waals surface area contributed by atoms with Gasteiger partial charge in [-0.25, -0.2) is 8.42 Å². The van der Waals surface area contributed by atoms with Crippen LogP contribution in [0.1, 0.15) is 19.3 Å². The van der Waals surface area contributed by atoms with Gasteiger partial charge in [-0.1, -0.05) is 5.92 Å². The quantitative estimate of drug-likeness (QED) is 0.529. The highest BCUT2D eigenvalue weighted by Crippen LogP contribution is 2.18. The first kappa shape index (κ1) is 15.0. The zero-order valence-corrected chi connectivity index (χ0v) is 11.5. The van der Waals surface area contributed by atoms with E-state index in [0.717, 1.165) is 13.0 Å². The largest absolute Gasteiger partial charge is 0.328 e. The van der Waals surface area contributed by atoms with E-state index in [-0.39, 0.29) is 30.0 Å². The second-order valence-corrected chi connectivity index (χ2v) is 6.72. The molecule has 1 aliphatic heterocycles. The van der Waals surface area contributed by atoms with Gasteiger partial charge in [0.25, 0.3) is 0 Å². The molecule has 1 fully saturated rings. The van der Waals surface area contributed by atoms with Gasteiger partial charge in [-0.2, -0.15) is 0 Å². The van der Waals surface area contributed by atoms with Crippen molar-refractivity contribution in [2.45, 2.75) is 25.3 Å². The van der Waals surface area contributed by atoms with Gasteiger partial charge in [0, 0.05) is 12.5 Å². The highest BCUT2D eigenvalue weighted by Gasteiger charge is 2.33. The van der Waals surface area contributed by atoms with Crippen molar-refractivity contribution in [3.63, 3.8) is 0 Å². The number of sulfone groups is 1. The van der Waals surface area contributed by atoms with E-state index in [9.17, 15) is 13.2 Å². The second kappa shape index (κ2) is 6.76. The lowest BCUT2D eigenvalue weighted by Crippen LogP contribution is -2.41. The van der Waals surface area contributed by atoms with E-state index in [1.807, 2.05) is 7.05 Å². The minimum atomic E-state index is -2.99. The van der Waals surface area contributed by atoms with Gasteiger partial charge in [-0.3, -0.25) is 4.79 Å². The average Bonchev–Trinajstić information content (AvgIpc) is 2.66. The fourth-order valence-corrected chi connectivity index (χ4v) is 3.83. The van der Waals surface area contributed by atoms with E-state index in [2.05, 4.69) is 11.2 Å². The van der Waals surface area contributed by atoms with Gasteiger partial charge in [0.1, 0.15) is 0 Å². The van der Waals surface area contributed by atoms with Crippen molar-refractivity contribution in [3.8, 4) is 12.3 Å². The Kier molecular flexibility index (Phi) is 5.63. The molecule has 1 atom stereocenters. The lowest BCUT2D eigenvalue weighted by Gasteiger charge is -2.26. The maximum absolute atomic E-state index is 12.0. The van der Waals surface area contributed by atoms with Crippen LogP contribution in [0.15, 0.2) is 0 Å². The number of carbonyl (C=O) groups excluding carboxylic acids is 1. The molecule has 0 spiro atoms. The number of hydrogen-bond acceptors (Lipinski definition) is 4. The van der Waals surface area contributed by atoms with Crippen molar-refractivity contribution in [1.29, 1.82) is 0 Å². The maximum Gasteiger partial charge on any atom is 0.223 e. The van der Waals surface area contributed by atoms with Crippen LogP contribution >= 0.6 is 0 Å². The molecule has 1 N–H and O–H groups in total. The van der Waals surface area contributed by atoms with E-state index in [4.69, 9.17) is 6.42 Å². The zero-order chi connectivity index (χ0) is 13.6. The van der Waals surface area contributed by atoms with Crippen LogP contribution < -0.4 is 5.32 Å². The number of amides is 1. The first-order valence-corrected chi connectivity index (χ1v) is 7.90. The van der Waals surface area contributed by atoms with Crippen molar-refractivity contribution in [2.24, 2.45) is 0 Å². The summed E-state index contributed by atoms with van der Waals surface area (Å²) in [4.78, 5) is 13.6. The molecule has 0 aromatic carbocycles. The summed E-state index contributed by atoms with van der Waals surface area (Å²) in [6, 6.07) is -0.242. The van der Waals surface area contributed by atoms with Gasteiger partial charge in [0.05, 0.1) is 18.1 Å². The lowest BCUT2D eigenvalue weighted by atomic mass is 10.2. The highest BCUT2D eigenvalue weighted by molar-refractivity contribution is 7.91. The standard InChI is InChI=1S/C12H20N2O3S/c1-3-8-14(12(15)5-4-7-13-2)11-6-9-18(16,17)10-11/h1,11,13H,4-10H2,2H3. The van der Waals surface area contributed by atoms with Crippen LogP contribution in [-0.4, -0.2) is 56.9 Å². The minimum Gasteiger partial charge on any atom is -0.328 e. The van der Waals surface area contributed by atoms with E-state index >= 15 is 0 Å². The van der Waals surface area contributed by atoms with Crippen molar-refractivity contribution < 1.29 is 13.2 Å². The van der Waals surface area contributed by atoms with Gasteiger partial charge in [0.2, 0.25) is 5.91 Å². The number of rotatable bonds is 6. The summed E-state index contributed by atoms with van der Waals surface area (Å²) >= 11 is 0. The van der Waals surface area contributed by atoms with Crippen LogP contribution in [0, 0.1) is 12.3 Å². The first-order valence-electron chi connectivity index (χ1n) is 6.08. The molecule has 0 aliphatic carbocycles. The Morgan fingerprint density at radius 2 is 2.28 bits per heavy atom. The first-order chi connectivity index (χ1) is 8.50. The van der Waals surface area contributed by atoms with E-state index in [1.54, 1.807) is 4.90 Å². The van der Waals surface area contributed by atoms with Crippen LogP contribution in [0.4, 0.5) is 0 Å². The van der Waals surface area contributed by atoms with Gasteiger partial charge >= 0.3 is 0 Å². The molecule has 0 aromatic rings. The van der Waals surface area contributed by atoms with Crippen LogP contribution in [-0.2, 0) is 14.6 Å². The third-order valence-electron chi connectivity index (χ3n) is 3.05. The Labute approximate surface area is 109 Å². The fourth-order valence-electron chi connectivity index (χ4n) is 2.10. The maximum atomic E-state index is 12.0. The molecule has 1 rings (SSSR count). The van der Waals surface area contributed by atoms with Crippen molar-refractivity contribution >= 4 is 15.7 Å². The summed E-state index contributed by atoms with van der Waals surface area (Å²) < 4.78 is 22.9. The number of hydrogen-bond donors (Lipinski definition) is 1. The summed E-state index contributed by atoms with van der Waals surface area (Å²) in [5.41, 5.74) is 0. The number of nitrogens with one attached hydrogen (secondary N) is 1. The molecular weight excluding hydrogens is 252 g/mol. The molecule has 1 amide bonds. The Hall–Kier alpha value is -1.06. The molecular formula is C12H20N2O3S. The third-order valence-corrected chi connectivity index (χ3v) is 4.80. The van der Waals surface area contributed by atoms with Crippen molar-refractivity contribution in [3.05, 3.63) is 0 Å². The summed E-state index contributed by atoms with van der Waals surface area (Å²) in [7, 11) is -1.17. The fraction of sp³-hybridized carbons (Fsp3) is 0.750. The van der Waals surface area contributed by atoms with E-state index in [1.165, 1.54) is 0 Å². The average molecular weight is 272 g/mol. The summed E-state index contributed by atoms with van der Waals surface area (Å²) in [5.74, 6) is 2.59. The number of nitrogens with zero attached hydrogens (tertiary/aromatic N) is 1. The van der Waals surface area contributed by atoms with Crippen LogP contribution in [0.3, 0.4) is 0 Å². The molecule has 1 aliphatic rings. The van der Waals surface area contributed by atoms with Crippen molar-refractivity contribution in [2.75, 3.05) is 31.6 Å². The molecule has 6 heteroatoms. The van der Waals surface area contributed by atoms with E-state index in [0.29, 0.717) is 12.8 Å². The predicted octanol–water partition coefficient (Wildman–Crippen LogP) is -0.365. The topological polar surface area (TPSA) is 66.5 Å². The minimum absolute atomic E-state index is 0.0481. The summed E-state index contributed by atoms with van der Waals surface area (Å²) in [6.07, 6.45) is 6.89. The molecule has 1 heterocycles. The molecule has 0 bridgehead atoms. The Morgan fingerprint density at radius 1 is 1.56 bits per heavy atom. The highest BCUT2D eigenvalue weighted by atomic mass is 32.2. The molecule has 5 nitrogen and oxygen atoms in total. The van der Waals surface area contributed by atoms with Crippen LogP contribution in [0.25, 0.3) is 0 Å².